The molecule has 1 N–H and O–H groups in total. The molecule has 0 fully saturated rings. The van der Waals surface area contributed by atoms with E-state index in [0.29, 0.717) is 18.4 Å². The molecule has 3 aromatic carbocycles. The van der Waals surface area contributed by atoms with Crippen LogP contribution in [0.5, 0.6) is 11.5 Å². The first kappa shape index (κ1) is 19.3. The normalized spacial score (nSPS) is 21.5. The molecule has 0 aromatic heterocycles. The molecule has 3 atom stereocenters. The van der Waals surface area contributed by atoms with E-state index < -0.39 is 0 Å². The number of fused-ring (bicyclic) bond motifs is 3. The van der Waals surface area contributed by atoms with Gasteiger partial charge >= 0.3 is 0 Å². The van der Waals surface area contributed by atoms with Gasteiger partial charge in [0.15, 0.2) is 11.5 Å². The fourth-order valence-electron chi connectivity index (χ4n) is 4.63. The summed E-state index contributed by atoms with van der Waals surface area (Å²) < 4.78 is 12.9. The summed E-state index contributed by atoms with van der Waals surface area (Å²) >= 11 is 3.62. The van der Waals surface area contributed by atoms with Crippen LogP contribution in [-0.4, -0.2) is 7.11 Å². The predicted molar refractivity (Wildman–Crippen MR) is 124 cm³/mol. The zero-order valence-electron chi connectivity index (χ0n) is 16.8. The first-order valence-corrected chi connectivity index (χ1v) is 11.1. The van der Waals surface area contributed by atoms with Crippen molar-refractivity contribution in [2.24, 2.45) is 5.92 Å². The Morgan fingerprint density at radius 2 is 1.87 bits per heavy atom. The first-order valence-electron chi connectivity index (χ1n) is 10.3. The topological polar surface area (TPSA) is 30.5 Å². The Labute approximate surface area is 185 Å². The molecule has 0 saturated carbocycles. The highest BCUT2D eigenvalue weighted by Gasteiger charge is 2.38. The van der Waals surface area contributed by atoms with E-state index in [1.165, 1.54) is 16.8 Å². The van der Waals surface area contributed by atoms with Crippen LogP contribution < -0.4 is 14.8 Å². The van der Waals surface area contributed by atoms with E-state index in [0.717, 1.165) is 28.0 Å². The minimum absolute atomic E-state index is 0.232. The van der Waals surface area contributed by atoms with Crippen molar-refractivity contribution in [2.75, 3.05) is 12.4 Å². The maximum absolute atomic E-state index is 6.05. The second-order valence-electron chi connectivity index (χ2n) is 7.89. The van der Waals surface area contributed by atoms with Crippen LogP contribution in [0.3, 0.4) is 0 Å². The largest absolute Gasteiger partial charge is 0.493 e. The van der Waals surface area contributed by atoms with Gasteiger partial charge in [-0.2, -0.15) is 0 Å². The summed E-state index contributed by atoms with van der Waals surface area (Å²) in [7, 11) is 1.70. The summed E-state index contributed by atoms with van der Waals surface area (Å²) in [4.78, 5) is 0. The number of hydrogen-bond acceptors (Lipinski definition) is 3. The van der Waals surface area contributed by atoms with Gasteiger partial charge in [-0.05, 0) is 59.4 Å². The number of methoxy groups -OCH3 is 1. The van der Waals surface area contributed by atoms with Crippen LogP contribution in [0.1, 0.15) is 35.1 Å². The van der Waals surface area contributed by atoms with Crippen LogP contribution in [0.15, 0.2) is 83.4 Å². The molecule has 0 unspecified atom stereocenters. The fourth-order valence-corrected chi connectivity index (χ4v) is 5.01. The zero-order valence-corrected chi connectivity index (χ0v) is 18.4. The van der Waals surface area contributed by atoms with Crippen LogP contribution in [0.2, 0.25) is 0 Å². The van der Waals surface area contributed by atoms with Crippen molar-refractivity contribution in [2.45, 2.75) is 25.0 Å². The third-order valence-electron chi connectivity index (χ3n) is 6.11. The number of allylic oxidation sites excluding steroid dienone is 2. The number of anilines is 1. The smallest absolute Gasteiger partial charge is 0.161 e. The van der Waals surface area contributed by atoms with Crippen molar-refractivity contribution in [3.05, 3.63) is 100 Å². The number of nitrogens with one attached hydrogen (secondary N) is 1. The highest BCUT2D eigenvalue weighted by molar-refractivity contribution is 9.10. The summed E-state index contributed by atoms with van der Waals surface area (Å²) in [6.45, 7) is 0.523. The molecule has 30 heavy (non-hydrogen) atoms. The van der Waals surface area contributed by atoms with E-state index in [2.05, 4.69) is 75.9 Å². The van der Waals surface area contributed by atoms with E-state index >= 15 is 0 Å². The molecule has 0 amide bonds. The number of rotatable bonds is 5. The molecular formula is C26H24BrNO2. The molecular weight excluding hydrogens is 438 g/mol. The number of ether oxygens (including phenoxy) is 2. The summed E-state index contributed by atoms with van der Waals surface area (Å²) in [6, 6.07) is 23.3. The minimum Gasteiger partial charge on any atom is -0.493 e. The molecule has 0 saturated heterocycles. The maximum atomic E-state index is 6.05. The highest BCUT2D eigenvalue weighted by Crippen LogP contribution is 2.51. The quantitative estimate of drug-likeness (QED) is 0.420. The van der Waals surface area contributed by atoms with Gasteiger partial charge in [-0.25, -0.2) is 0 Å². The van der Waals surface area contributed by atoms with Gasteiger partial charge in [0.25, 0.3) is 0 Å². The van der Waals surface area contributed by atoms with Crippen LogP contribution in [0.4, 0.5) is 5.69 Å². The third kappa shape index (κ3) is 3.61. The lowest BCUT2D eigenvalue weighted by Crippen LogP contribution is -2.29. The Morgan fingerprint density at radius 1 is 1.00 bits per heavy atom. The molecule has 0 bridgehead atoms. The monoisotopic (exact) mass is 461 g/mol. The molecule has 3 aromatic rings. The van der Waals surface area contributed by atoms with E-state index in [-0.39, 0.29) is 6.04 Å². The molecule has 1 aliphatic heterocycles. The summed E-state index contributed by atoms with van der Waals surface area (Å²) in [6.07, 6.45) is 5.75. The van der Waals surface area contributed by atoms with Gasteiger partial charge in [0.2, 0.25) is 0 Å². The Balaban J connectivity index is 1.42. The Bertz CT molecular complexity index is 1080. The molecule has 3 nitrogen and oxygen atoms in total. The minimum atomic E-state index is 0.232. The van der Waals surface area contributed by atoms with Gasteiger partial charge < -0.3 is 14.8 Å². The lowest BCUT2D eigenvalue weighted by atomic mass is 9.77. The van der Waals surface area contributed by atoms with Crippen molar-refractivity contribution < 1.29 is 9.47 Å². The average molecular weight is 462 g/mol. The molecule has 2 aliphatic rings. The lowest BCUT2D eigenvalue weighted by Gasteiger charge is -2.37. The van der Waals surface area contributed by atoms with Gasteiger partial charge in [-0.3, -0.25) is 0 Å². The summed E-state index contributed by atoms with van der Waals surface area (Å²) in [5, 5.41) is 3.78. The van der Waals surface area contributed by atoms with Crippen molar-refractivity contribution in [1.82, 2.24) is 0 Å². The SMILES string of the molecule is COc1cc([C@@H]2Nc3ccc(Br)cc3[C@@H]3C=CC[C@@H]32)ccc1OCc1ccccc1. The van der Waals surface area contributed by atoms with Crippen LogP contribution >= 0.6 is 15.9 Å². The van der Waals surface area contributed by atoms with Crippen molar-refractivity contribution in [1.29, 1.82) is 0 Å². The number of benzene rings is 3. The number of hydrogen-bond donors (Lipinski definition) is 1. The fraction of sp³-hybridized carbons (Fsp3) is 0.231. The predicted octanol–water partition coefficient (Wildman–Crippen LogP) is 6.86. The first-order chi connectivity index (χ1) is 14.7. The van der Waals surface area contributed by atoms with Crippen LogP contribution in [0, 0.1) is 5.92 Å². The second kappa shape index (κ2) is 8.19. The number of halogens is 1. The lowest BCUT2D eigenvalue weighted by molar-refractivity contribution is 0.284. The van der Waals surface area contributed by atoms with E-state index in [9.17, 15) is 0 Å². The Morgan fingerprint density at radius 3 is 2.70 bits per heavy atom. The molecule has 1 aliphatic carbocycles. The molecule has 0 spiro atoms. The standard InChI is InChI=1S/C26H24BrNO2/c1-29-25-14-18(10-13-24(25)30-16-17-6-3-2-4-7-17)26-21-9-5-8-20(21)22-15-19(27)11-12-23(22)28-26/h2-8,10-15,20-21,26,28H,9,16H2,1H3/t20-,21+,26+/m1/s1. The van der Waals surface area contributed by atoms with Crippen molar-refractivity contribution in [3.63, 3.8) is 0 Å². The van der Waals surface area contributed by atoms with Crippen molar-refractivity contribution in [3.8, 4) is 11.5 Å². The van der Waals surface area contributed by atoms with Gasteiger partial charge in [-0.1, -0.05) is 64.5 Å². The molecule has 1 heterocycles. The van der Waals surface area contributed by atoms with E-state index in [1.807, 2.05) is 24.3 Å². The van der Waals surface area contributed by atoms with Gasteiger partial charge in [0, 0.05) is 16.1 Å². The summed E-state index contributed by atoms with van der Waals surface area (Å²) in [5.41, 5.74) is 4.94. The van der Waals surface area contributed by atoms with E-state index in [4.69, 9.17) is 9.47 Å². The average Bonchev–Trinajstić information content (AvgIpc) is 3.28. The zero-order chi connectivity index (χ0) is 20.5. The maximum Gasteiger partial charge on any atom is 0.161 e. The highest BCUT2D eigenvalue weighted by atomic mass is 79.9. The second-order valence-corrected chi connectivity index (χ2v) is 8.81. The van der Waals surface area contributed by atoms with Gasteiger partial charge in [-0.15, -0.1) is 0 Å². The van der Waals surface area contributed by atoms with Crippen LogP contribution in [0.25, 0.3) is 0 Å². The summed E-state index contributed by atoms with van der Waals surface area (Å²) in [5.74, 6) is 2.47. The molecule has 152 valence electrons. The van der Waals surface area contributed by atoms with Gasteiger partial charge in [0.1, 0.15) is 6.61 Å². The molecule has 5 rings (SSSR count). The van der Waals surface area contributed by atoms with Crippen LogP contribution in [-0.2, 0) is 6.61 Å². The van der Waals surface area contributed by atoms with E-state index in [1.54, 1.807) is 7.11 Å². The van der Waals surface area contributed by atoms with Gasteiger partial charge in [0.05, 0.1) is 13.2 Å². The Hall–Kier alpha value is -2.72. The molecule has 0 radical (unpaired) electrons. The Kier molecular flexibility index (Phi) is 5.26. The molecule has 4 heteroatoms. The third-order valence-corrected chi connectivity index (χ3v) is 6.60. The van der Waals surface area contributed by atoms with Crippen molar-refractivity contribution >= 4 is 21.6 Å².